The molecule has 0 heterocycles. The summed E-state index contributed by atoms with van der Waals surface area (Å²) in [5, 5.41) is 17.0. The highest BCUT2D eigenvalue weighted by Crippen LogP contribution is 2.33. The van der Waals surface area contributed by atoms with Crippen LogP contribution in [0.5, 0.6) is 0 Å². The molecule has 172 valence electrons. The van der Waals surface area contributed by atoms with Gasteiger partial charge in [0.15, 0.2) is 5.70 Å². The Labute approximate surface area is 172 Å². The van der Waals surface area contributed by atoms with Gasteiger partial charge in [-0.15, -0.1) is 5.11 Å². The van der Waals surface area contributed by atoms with Gasteiger partial charge in [-0.1, -0.05) is 12.1 Å². The highest BCUT2D eigenvalue weighted by Gasteiger charge is 2.39. The molecule has 0 aliphatic rings. The zero-order chi connectivity index (χ0) is 24.3. The minimum atomic E-state index is -5.52. The lowest BCUT2D eigenvalue weighted by molar-refractivity contribution is -0.138. The molecule has 2 aromatic carbocycles. The van der Waals surface area contributed by atoms with Crippen molar-refractivity contribution in [3.05, 3.63) is 71.1 Å². The van der Waals surface area contributed by atoms with Gasteiger partial charge in [0.05, 0.1) is 16.8 Å². The number of nitrogens with one attached hydrogen (secondary N) is 1. The van der Waals surface area contributed by atoms with E-state index in [-0.39, 0.29) is 0 Å². The van der Waals surface area contributed by atoms with Gasteiger partial charge in [0.2, 0.25) is 5.76 Å². The predicted molar refractivity (Wildman–Crippen MR) is 91.7 cm³/mol. The van der Waals surface area contributed by atoms with Crippen LogP contribution in [0.3, 0.4) is 0 Å². The third kappa shape index (κ3) is 6.46. The van der Waals surface area contributed by atoms with Crippen LogP contribution in [0.15, 0.2) is 70.2 Å². The van der Waals surface area contributed by atoms with E-state index in [1.165, 1.54) is 0 Å². The topological polar surface area (TPSA) is 74.0 Å². The molecule has 1 amide bonds. The predicted octanol–water partition coefficient (Wildman–Crippen LogP) is 6.78. The van der Waals surface area contributed by atoms with E-state index in [1.807, 2.05) is 0 Å². The zero-order valence-electron chi connectivity index (χ0n) is 15.3. The zero-order valence-corrected chi connectivity index (χ0v) is 15.3. The average molecular weight is 471 g/mol. The molecular formula is C18H10F9N3O2. The number of amides is 1. The summed E-state index contributed by atoms with van der Waals surface area (Å²) in [7, 11) is 0. The molecule has 0 fully saturated rings. The van der Waals surface area contributed by atoms with Gasteiger partial charge in [-0.3, -0.25) is 4.79 Å². The average Bonchev–Trinajstić information content (AvgIpc) is 2.66. The van der Waals surface area contributed by atoms with Gasteiger partial charge in [0.1, 0.15) is 0 Å². The molecule has 0 bridgehead atoms. The third-order valence-electron chi connectivity index (χ3n) is 3.59. The Morgan fingerprint density at radius 2 is 1.34 bits per heavy atom. The minimum absolute atomic E-state index is 0.407. The Bertz CT molecular complexity index is 1050. The molecule has 0 aromatic heterocycles. The molecular weight excluding hydrogens is 461 g/mol. The molecule has 0 radical (unpaired) electrons. The summed E-state index contributed by atoms with van der Waals surface area (Å²) in [5.74, 6) is -4.37. The van der Waals surface area contributed by atoms with E-state index in [2.05, 4.69) is 10.2 Å². The number of aliphatic hydroxyl groups excluding tert-OH is 1. The SMILES string of the molecule is O=C(Nc1cccc(C(F)(F)F)c1)C(N=Nc1cccc(C(F)(F)F)c1)=C(O)C(F)(F)F. The van der Waals surface area contributed by atoms with E-state index in [9.17, 15) is 49.4 Å². The molecule has 0 aliphatic carbocycles. The molecule has 0 spiro atoms. The second kappa shape index (κ2) is 8.88. The first kappa shape index (κ1) is 24.7. The molecule has 5 nitrogen and oxygen atoms in total. The molecule has 2 aromatic rings. The number of aliphatic hydroxyl groups is 1. The largest absolute Gasteiger partial charge is 0.503 e. The van der Waals surface area contributed by atoms with Crippen molar-refractivity contribution >= 4 is 17.3 Å². The summed E-state index contributed by atoms with van der Waals surface area (Å²) >= 11 is 0. The maximum atomic E-state index is 12.9. The normalized spacial score (nSPS) is 13.8. The molecule has 0 unspecified atom stereocenters. The second-order valence-corrected chi connectivity index (χ2v) is 5.98. The van der Waals surface area contributed by atoms with Gasteiger partial charge in [0, 0.05) is 5.69 Å². The number of carbonyl (C=O) groups excluding carboxylic acids is 1. The molecule has 14 heteroatoms. The van der Waals surface area contributed by atoms with Crippen LogP contribution in [0.4, 0.5) is 50.9 Å². The Morgan fingerprint density at radius 1 is 0.812 bits per heavy atom. The smallest absolute Gasteiger partial charge is 0.451 e. The van der Waals surface area contributed by atoms with E-state index in [0.29, 0.717) is 24.3 Å². The van der Waals surface area contributed by atoms with Crippen LogP contribution >= 0.6 is 0 Å². The van der Waals surface area contributed by atoms with Crippen molar-refractivity contribution in [1.29, 1.82) is 0 Å². The first-order valence-electron chi connectivity index (χ1n) is 8.17. The number of anilines is 1. The molecule has 32 heavy (non-hydrogen) atoms. The summed E-state index contributed by atoms with van der Waals surface area (Å²) in [4.78, 5) is 12.2. The van der Waals surface area contributed by atoms with Crippen molar-refractivity contribution in [3.8, 4) is 0 Å². The number of benzene rings is 2. The number of alkyl halides is 9. The van der Waals surface area contributed by atoms with Crippen molar-refractivity contribution in [3.63, 3.8) is 0 Å². The summed E-state index contributed by atoms with van der Waals surface area (Å²) in [6.45, 7) is 0. The molecule has 2 N–H and O–H groups in total. The van der Waals surface area contributed by atoms with Crippen molar-refractivity contribution in [1.82, 2.24) is 0 Å². The number of hydrogen-bond donors (Lipinski definition) is 2. The van der Waals surface area contributed by atoms with E-state index < -0.39 is 58.4 Å². The van der Waals surface area contributed by atoms with Crippen molar-refractivity contribution < 1.29 is 49.4 Å². The van der Waals surface area contributed by atoms with Crippen LogP contribution in [0.2, 0.25) is 0 Å². The maximum absolute atomic E-state index is 12.9. The number of rotatable bonds is 4. The van der Waals surface area contributed by atoms with Crippen LogP contribution in [0, 0.1) is 0 Å². The van der Waals surface area contributed by atoms with Crippen LogP contribution in [0.25, 0.3) is 0 Å². The molecule has 0 saturated carbocycles. The summed E-state index contributed by atoms with van der Waals surface area (Å²) in [6.07, 6.45) is -15.1. The van der Waals surface area contributed by atoms with Gasteiger partial charge in [0.25, 0.3) is 5.91 Å². The molecule has 2 rings (SSSR count). The Hall–Kier alpha value is -3.58. The Morgan fingerprint density at radius 3 is 1.88 bits per heavy atom. The maximum Gasteiger partial charge on any atom is 0.451 e. The number of nitrogens with zero attached hydrogens (tertiary/aromatic N) is 2. The number of hydrogen-bond acceptors (Lipinski definition) is 4. The quantitative estimate of drug-likeness (QED) is 0.223. The lowest BCUT2D eigenvalue weighted by Gasteiger charge is -2.11. The molecule has 0 aliphatic heterocycles. The monoisotopic (exact) mass is 471 g/mol. The second-order valence-electron chi connectivity index (χ2n) is 5.98. The highest BCUT2D eigenvalue weighted by molar-refractivity contribution is 6.03. The molecule has 0 saturated heterocycles. The third-order valence-corrected chi connectivity index (χ3v) is 3.59. The van der Waals surface area contributed by atoms with E-state index in [0.717, 1.165) is 24.3 Å². The fourth-order valence-electron chi connectivity index (χ4n) is 2.15. The lowest BCUT2D eigenvalue weighted by atomic mass is 10.2. The van der Waals surface area contributed by atoms with E-state index in [1.54, 1.807) is 5.32 Å². The van der Waals surface area contributed by atoms with E-state index >= 15 is 0 Å². The summed E-state index contributed by atoms with van der Waals surface area (Å²) in [6, 6.07) is 5.66. The summed E-state index contributed by atoms with van der Waals surface area (Å²) in [5.41, 5.74) is -5.43. The van der Waals surface area contributed by atoms with Crippen LogP contribution < -0.4 is 5.32 Å². The lowest BCUT2D eigenvalue weighted by Crippen LogP contribution is -2.21. The van der Waals surface area contributed by atoms with Gasteiger partial charge in [-0.05, 0) is 36.4 Å². The van der Waals surface area contributed by atoms with E-state index in [4.69, 9.17) is 0 Å². The van der Waals surface area contributed by atoms with Gasteiger partial charge >= 0.3 is 18.5 Å². The molecule has 0 atom stereocenters. The number of halogens is 9. The number of azo groups is 1. The number of allylic oxidation sites excluding steroid dienone is 1. The van der Waals surface area contributed by atoms with Crippen molar-refractivity contribution in [2.45, 2.75) is 18.5 Å². The Kier molecular flexibility index (Phi) is 6.85. The van der Waals surface area contributed by atoms with Crippen molar-refractivity contribution in [2.24, 2.45) is 10.2 Å². The number of carbonyl (C=O) groups is 1. The fourth-order valence-corrected chi connectivity index (χ4v) is 2.15. The van der Waals surface area contributed by atoms with Crippen LogP contribution in [-0.2, 0) is 17.1 Å². The standard InChI is InChI=1S/C18H10F9N3O2/c19-16(20,21)9-3-1-5-11(7-9)28-15(32)13(14(31)18(25,26)27)30-29-12-6-2-4-10(8-12)17(22,23)24/h1-8,31H,(H,28,32). The first-order valence-corrected chi connectivity index (χ1v) is 8.17. The Balaban J connectivity index is 2.41. The van der Waals surface area contributed by atoms with Gasteiger partial charge in [-0.2, -0.15) is 44.6 Å². The van der Waals surface area contributed by atoms with Crippen molar-refractivity contribution in [2.75, 3.05) is 5.32 Å². The van der Waals surface area contributed by atoms with Crippen LogP contribution in [0.1, 0.15) is 11.1 Å². The van der Waals surface area contributed by atoms with Gasteiger partial charge in [-0.25, -0.2) is 0 Å². The first-order chi connectivity index (χ1) is 14.6. The van der Waals surface area contributed by atoms with Crippen LogP contribution in [-0.4, -0.2) is 17.2 Å². The summed E-state index contributed by atoms with van der Waals surface area (Å²) < 4.78 is 115. The fraction of sp³-hybridized carbons (Fsp3) is 0.167. The minimum Gasteiger partial charge on any atom is -0.503 e. The van der Waals surface area contributed by atoms with Gasteiger partial charge < -0.3 is 10.4 Å². The highest BCUT2D eigenvalue weighted by atomic mass is 19.4.